The summed E-state index contributed by atoms with van der Waals surface area (Å²) in [6.07, 6.45) is -10.1. The second-order valence-corrected chi connectivity index (χ2v) is 12.5. The van der Waals surface area contributed by atoms with E-state index < -0.39 is 23.5 Å². The summed E-state index contributed by atoms with van der Waals surface area (Å²) in [6.45, 7) is 3.92. The summed E-state index contributed by atoms with van der Waals surface area (Å²) in [7, 11) is 0. The largest absolute Gasteiger partial charge is 0.416 e. The molecule has 0 saturated heterocycles. The summed E-state index contributed by atoms with van der Waals surface area (Å²) >= 11 is 0. The van der Waals surface area contributed by atoms with Crippen LogP contribution in [0.5, 0.6) is 0 Å². The Morgan fingerprint density at radius 3 is 1.30 bits per heavy atom. The monoisotopic (exact) mass is 673 g/mol. The first-order valence-corrected chi connectivity index (χ1v) is 15.7. The molecule has 6 aromatic carbocycles. The number of fused-ring (bicyclic) bond motifs is 6. The van der Waals surface area contributed by atoms with Crippen LogP contribution in [0.4, 0.5) is 26.3 Å². The zero-order valence-electron chi connectivity index (χ0n) is 26.6. The highest BCUT2D eigenvalue weighted by molar-refractivity contribution is 6.11. The number of halogens is 6. The van der Waals surface area contributed by atoms with Crippen molar-refractivity contribution in [3.8, 4) is 28.6 Å². The number of rotatable bonds is 3. The molecule has 0 N–H and O–H groups in total. The molecule has 8 aromatic rings. The zero-order valence-corrected chi connectivity index (χ0v) is 26.6. The Hall–Kier alpha value is -6.01. The average molecular weight is 674 g/mol. The van der Waals surface area contributed by atoms with Crippen LogP contribution >= 0.6 is 0 Å². The molecule has 2 aromatic heterocycles. The van der Waals surface area contributed by atoms with Gasteiger partial charge in [0.1, 0.15) is 11.6 Å². The van der Waals surface area contributed by atoms with Gasteiger partial charge in [0.25, 0.3) is 0 Å². The van der Waals surface area contributed by atoms with E-state index in [4.69, 9.17) is 0 Å². The minimum atomic E-state index is -5.04. The van der Waals surface area contributed by atoms with Crippen LogP contribution in [0.1, 0.15) is 27.8 Å². The van der Waals surface area contributed by atoms with Gasteiger partial charge in [-0.15, -0.1) is 0 Å². The summed E-state index contributed by atoms with van der Waals surface area (Å²) in [5.74, 6) is 0. The van der Waals surface area contributed by atoms with Gasteiger partial charge in [-0.3, -0.25) is 0 Å². The maximum Gasteiger partial charge on any atom is 0.416 e. The van der Waals surface area contributed by atoms with E-state index in [0.717, 1.165) is 66.9 Å². The van der Waals surface area contributed by atoms with Gasteiger partial charge in [-0.1, -0.05) is 59.7 Å². The predicted octanol–water partition coefficient (Wildman–Crippen LogP) is 12.1. The third kappa shape index (κ3) is 4.90. The number of hydrogen-bond acceptors (Lipinski definition) is 1. The minimum absolute atomic E-state index is 0.0849. The van der Waals surface area contributed by atoms with E-state index in [9.17, 15) is 31.6 Å². The van der Waals surface area contributed by atoms with Crippen LogP contribution in [0.15, 0.2) is 115 Å². The Labute approximate surface area is 281 Å². The van der Waals surface area contributed by atoms with E-state index >= 15 is 0 Å². The number of benzene rings is 6. The Bertz CT molecular complexity index is 2550. The van der Waals surface area contributed by atoms with Crippen LogP contribution in [0.2, 0.25) is 0 Å². The molecule has 0 aliphatic carbocycles. The van der Waals surface area contributed by atoms with Gasteiger partial charge in [-0.05, 0) is 91.7 Å². The topological polar surface area (TPSA) is 33.6 Å². The first-order valence-electron chi connectivity index (χ1n) is 15.7. The van der Waals surface area contributed by atoms with Crippen molar-refractivity contribution >= 4 is 43.6 Å². The average Bonchev–Trinajstić information content (AvgIpc) is 3.58. The van der Waals surface area contributed by atoms with Gasteiger partial charge in [0.15, 0.2) is 0 Å². The highest BCUT2D eigenvalue weighted by Gasteiger charge is 2.37. The van der Waals surface area contributed by atoms with Gasteiger partial charge >= 0.3 is 12.4 Å². The smallest absolute Gasteiger partial charge is 0.308 e. The van der Waals surface area contributed by atoms with Crippen molar-refractivity contribution in [2.45, 2.75) is 26.2 Å². The van der Waals surface area contributed by atoms with Crippen LogP contribution < -0.4 is 0 Å². The Morgan fingerprint density at radius 1 is 0.480 bits per heavy atom. The van der Waals surface area contributed by atoms with Gasteiger partial charge < -0.3 is 9.13 Å². The molecule has 9 heteroatoms. The van der Waals surface area contributed by atoms with Crippen LogP contribution in [-0.4, -0.2) is 9.13 Å². The normalized spacial score (nSPS) is 12.4. The quantitative estimate of drug-likeness (QED) is 0.172. The molecule has 0 bridgehead atoms. The van der Waals surface area contributed by atoms with Crippen molar-refractivity contribution in [3.63, 3.8) is 0 Å². The highest BCUT2D eigenvalue weighted by Crippen LogP contribution is 2.43. The SMILES string of the molecule is Cc1ccc2c(c1)c1ccccc1n2-c1cc(-c2cc(C(F)(F)F)cc(C(F)(F)F)c2)cc(-n2c3ccccc3c3cc(C)ccc32)c1C#N. The lowest BCUT2D eigenvalue weighted by atomic mass is 9.96. The van der Waals surface area contributed by atoms with Crippen LogP contribution in [0.3, 0.4) is 0 Å². The molecule has 50 heavy (non-hydrogen) atoms. The van der Waals surface area contributed by atoms with Gasteiger partial charge in [-0.25, -0.2) is 0 Å². The molecular formula is C41H25F6N3. The van der Waals surface area contributed by atoms with Crippen LogP contribution in [0, 0.1) is 25.2 Å². The highest BCUT2D eigenvalue weighted by atomic mass is 19.4. The van der Waals surface area contributed by atoms with E-state index in [2.05, 4.69) is 6.07 Å². The fourth-order valence-electron chi connectivity index (χ4n) is 7.06. The molecule has 0 unspecified atom stereocenters. The molecule has 0 spiro atoms. The molecule has 0 radical (unpaired) electrons. The lowest BCUT2D eigenvalue weighted by Gasteiger charge is -2.19. The first-order chi connectivity index (χ1) is 23.8. The predicted molar refractivity (Wildman–Crippen MR) is 185 cm³/mol. The molecule has 0 saturated carbocycles. The van der Waals surface area contributed by atoms with Crippen molar-refractivity contribution in [2.75, 3.05) is 0 Å². The number of alkyl halides is 6. The molecule has 0 aliphatic heterocycles. The van der Waals surface area contributed by atoms with Crippen molar-refractivity contribution in [1.82, 2.24) is 9.13 Å². The summed E-state index contributed by atoms with van der Waals surface area (Å²) in [6, 6.07) is 33.8. The summed E-state index contributed by atoms with van der Waals surface area (Å²) in [5, 5.41) is 14.5. The van der Waals surface area contributed by atoms with Gasteiger partial charge in [0, 0.05) is 21.5 Å². The van der Waals surface area contributed by atoms with E-state index in [1.54, 1.807) is 0 Å². The number of nitrogens with zero attached hydrogens (tertiary/aromatic N) is 3. The molecule has 0 aliphatic rings. The second-order valence-electron chi connectivity index (χ2n) is 12.5. The first kappa shape index (κ1) is 31.3. The molecule has 0 fully saturated rings. The lowest BCUT2D eigenvalue weighted by Crippen LogP contribution is -2.11. The summed E-state index contributed by atoms with van der Waals surface area (Å²) < 4.78 is 88.5. The third-order valence-corrected chi connectivity index (χ3v) is 9.27. The van der Waals surface area contributed by atoms with Crippen LogP contribution in [-0.2, 0) is 12.4 Å². The fraction of sp³-hybridized carbons (Fsp3) is 0.0976. The molecule has 2 heterocycles. The minimum Gasteiger partial charge on any atom is -0.308 e. The van der Waals surface area contributed by atoms with Gasteiger partial charge in [0.2, 0.25) is 0 Å². The molecule has 3 nitrogen and oxygen atoms in total. The second kappa shape index (κ2) is 11.0. The van der Waals surface area contributed by atoms with Crippen molar-refractivity contribution in [1.29, 1.82) is 5.26 Å². The Morgan fingerprint density at radius 2 is 0.880 bits per heavy atom. The van der Waals surface area contributed by atoms with Crippen molar-refractivity contribution < 1.29 is 26.3 Å². The van der Waals surface area contributed by atoms with Gasteiger partial charge in [-0.2, -0.15) is 31.6 Å². The fourth-order valence-corrected chi connectivity index (χ4v) is 7.06. The van der Waals surface area contributed by atoms with Crippen LogP contribution in [0.25, 0.3) is 66.1 Å². The molecule has 8 rings (SSSR count). The Balaban J connectivity index is 1.57. The van der Waals surface area contributed by atoms with E-state index in [1.165, 1.54) is 12.1 Å². The third-order valence-electron chi connectivity index (χ3n) is 9.27. The molecular weight excluding hydrogens is 648 g/mol. The number of hydrogen-bond donors (Lipinski definition) is 0. The number of aryl methyl sites for hydroxylation is 2. The molecule has 246 valence electrons. The molecule has 0 amide bonds. The van der Waals surface area contributed by atoms with Gasteiger partial charge in [0.05, 0.1) is 44.6 Å². The zero-order chi connectivity index (χ0) is 35.1. The van der Waals surface area contributed by atoms with E-state index in [0.29, 0.717) is 11.4 Å². The lowest BCUT2D eigenvalue weighted by molar-refractivity contribution is -0.143. The number of aromatic nitrogens is 2. The maximum atomic E-state index is 14.1. The number of nitriles is 1. The summed E-state index contributed by atoms with van der Waals surface area (Å²) in [4.78, 5) is 0. The molecule has 0 atom stereocenters. The maximum absolute atomic E-state index is 14.1. The Kier molecular flexibility index (Phi) is 6.88. The standard InChI is InChI=1S/C41H25F6N3/c1-23-11-13-36-31(15-23)29-7-3-5-9-34(29)49(36)38-19-26(25-17-27(40(42,43)44)21-28(18-25)41(45,46)47)20-39(33(38)22-48)50-35-10-6-4-8-30(35)32-16-24(2)12-14-37(32)50/h3-21H,1-2H3. The summed E-state index contributed by atoms with van der Waals surface area (Å²) in [5.41, 5.74) is 2.71. The van der Waals surface area contributed by atoms with Crippen molar-refractivity contribution in [3.05, 3.63) is 143 Å². The van der Waals surface area contributed by atoms with E-state index in [-0.39, 0.29) is 22.8 Å². The van der Waals surface area contributed by atoms with E-state index in [1.807, 2.05) is 108 Å². The number of para-hydroxylation sites is 2. The van der Waals surface area contributed by atoms with Crippen molar-refractivity contribution in [2.24, 2.45) is 0 Å².